The van der Waals surface area contributed by atoms with Crippen LogP contribution in [0.4, 0.5) is 37.7 Å². The molecule has 13 rings (SSSR count). The Bertz CT molecular complexity index is 4310. The first-order valence-corrected chi connectivity index (χ1v) is 34.6. The number of nitriles is 4. The zero-order valence-electron chi connectivity index (χ0n) is 60.2. The normalized spacial score (nSPS) is 20.7. The lowest BCUT2D eigenvalue weighted by Gasteiger charge is -2.26. The van der Waals surface area contributed by atoms with E-state index in [-0.39, 0.29) is 111 Å². The maximum absolute atomic E-state index is 13.6. The van der Waals surface area contributed by atoms with E-state index >= 15 is 0 Å². The quantitative estimate of drug-likeness (QED) is 0.0587. The van der Waals surface area contributed by atoms with Crippen molar-refractivity contribution in [1.29, 1.82) is 21.0 Å². The molecule has 7 aliphatic heterocycles. The van der Waals surface area contributed by atoms with Crippen LogP contribution in [0.3, 0.4) is 0 Å². The molecule has 40 nitrogen and oxygen atoms in total. The molecule has 0 aliphatic carbocycles. The van der Waals surface area contributed by atoms with Crippen LogP contribution in [0.15, 0.2) is 81.9 Å². The van der Waals surface area contributed by atoms with E-state index in [1.165, 1.54) is 69.9 Å². The number of aromatic nitrogens is 10. The number of hydrogen-bond acceptors (Lipinski definition) is 30. The number of Topliss-reactive ketones (excluding diaryl/α,β-unsaturated/α-hetero) is 1. The zero-order chi connectivity index (χ0) is 81.3. The molecule has 0 bridgehead atoms. The second-order valence-electron chi connectivity index (χ2n) is 24.2. The van der Waals surface area contributed by atoms with Crippen LogP contribution in [0.2, 0.25) is 0 Å². The number of ketones is 1. The molecule has 0 aromatic carbocycles. The van der Waals surface area contributed by atoms with Gasteiger partial charge in [-0.3, -0.25) is 52.5 Å². The second kappa shape index (κ2) is 44.1. The van der Waals surface area contributed by atoms with Crippen molar-refractivity contribution in [1.82, 2.24) is 49.1 Å². The smallest absolute Gasteiger partial charge is 0.254 e. The van der Waals surface area contributed by atoms with Gasteiger partial charge in [-0.1, -0.05) is 22.0 Å². The molecule has 7 aliphatic rings. The number of nitrogens with one attached hydrogen (secondary N) is 1. The van der Waals surface area contributed by atoms with Gasteiger partial charge in [0, 0.05) is 112 Å². The van der Waals surface area contributed by atoms with Crippen molar-refractivity contribution in [2.75, 3.05) is 123 Å². The van der Waals surface area contributed by atoms with Gasteiger partial charge in [0.1, 0.15) is 33.9 Å². The van der Waals surface area contributed by atoms with Crippen molar-refractivity contribution >= 4 is 86.0 Å². The largest absolute Gasteiger partial charge is 0.481 e. The number of rotatable bonds is 13. The van der Waals surface area contributed by atoms with E-state index in [9.17, 15) is 42.8 Å². The Morgan fingerprint density at radius 1 is 0.541 bits per heavy atom. The van der Waals surface area contributed by atoms with Gasteiger partial charge in [-0.2, -0.15) is 60.2 Å². The summed E-state index contributed by atoms with van der Waals surface area (Å²) in [7, 11) is 2.80. The number of hydrogen-bond donors (Lipinski definition) is 10. The Labute approximate surface area is 642 Å². The molecule has 0 unspecified atom stereocenters. The van der Waals surface area contributed by atoms with Crippen molar-refractivity contribution in [3.63, 3.8) is 0 Å². The monoisotopic (exact) mass is 1600 g/mol. The molecule has 5 amide bonds. The first-order chi connectivity index (χ1) is 53.2. The highest BCUT2D eigenvalue weighted by atomic mass is 79.9. The second-order valence-corrected chi connectivity index (χ2v) is 25.1. The van der Waals surface area contributed by atoms with Crippen LogP contribution in [-0.4, -0.2) is 190 Å². The van der Waals surface area contributed by atoms with Crippen LogP contribution in [0, 0.1) is 87.5 Å². The molecule has 13 heterocycles. The van der Waals surface area contributed by atoms with Crippen LogP contribution < -0.4 is 66.4 Å². The Balaban J connectivity index is 0.000000205. The Morgan fingerprint density at radius 2 is 0.928 bits per heavy atom. The maximum atomic E-state index is 13.6. The third kappa shape index (κ3) is 26.4. The lowest BCUT2D eigenvalue weighted by atomic mass is 9.97. The fraction of sp³-hybridized carbons (Fsp3) is 0.441. The number of nitrogen functional groups attached to an aromatic ring is 3. The number of pyridine rings is 2. The number of primary amides is 5. The summed E-state index contributed by atoms with van der Waals surface area (Å²) in [6.07, 6.45) is 13.9. The number of amidine groups is 1. The first kappa shape index (κ1) is 87.4. The Hall–Kier alpha value is -12.5. The Morgan fingerprint density at radius 3 is 1.23 bits per heavy atom. The lowest BCUT2D eigenvalue weighted by molar-refractivity contribution is -0.124. The van der Waals surface area contributed by atoms with E-state index in [0.717, 1.165) is 18.2 Å². The standard InChI is InChI=1S/C16H17FN6O3.3C10H13N5O2.C6H5BrFNO.C6H7NO.C5H7N3O.C5H8O2/c1-25-14-5-10(4-13(17)21-14)20-16-11(15(19)24)7-23(22-16)12-8-26-3-2-9(12)6-18;3*11-3-6-1-2-17-5-8(6)15-4-7(10(13)16)9(12)14-15;1-10-6-3-4(7)2-5(8)9-6;1-7-6-2-4-8-5-3-6;6-4-3(5(7)9)1-2-8-4;6-5-1-3-7-4-2-5/h4-5,7,9,12H,2-3,8H2,1H3,(H2,19,24)(H,20,21,22);3*4,6,8H,1-2,5H2,(H2,12,14)(H2,13,16);2-3H,1H3;2H,3-5H2;1H,2H2,(H2,6,8)(H2,7,9);1-4H2/t9-,12+;3*6-,8+;;;;/m1111..../s1. The van der Waals surface area contributed by atoms with Gasteiger partial charge in [0.05, 0.1) is 151 Å². The maximum Gasteiger partial charge on any atom is 0.254 e. The number of methoxy groups -OCH3 is 2. The van der Waals surface area contributed by atoms with Gasteiger partial charge in [0.25, 0.3) is 29.5 Å². The molecular formula is C68H83BrF2N26O14. The average Bonchev–Trinajstić information content (AvgIpc) is 1.47. The van der Waals surface area contributed by atoms with Crippen LogP contribution in [0.5, 0.6) is 11.8 Å². The van der Waals surface area contributed by atoms with Gasteiger partial charge in [0.2, 0.25) is 23.7 Å². The number of carbonyl (C=O) groups excluding carboxylic acids is 6. The molecule has 6 aromatic heterocycles. The van der Waals surface area contributed by atoms with E-state index < -0.39 is 41.4 Å². The number of carbonyl (C=O) groups is 6. The molecule has 19 N–H and O–H groups in total. The van der Waals surface area contributed by atoms with Crippen molar-refractivity contribution in [2.45, 2.75) is 69.1 Å². The van der Waals surface area contributed by atoms with Gasteiger partial charge in [-0.05, 0) is 31.8 Å². The van der Waals surface area contributed by atoms with Crippen LogP contribution in [0.1, 0.15) is 111 Å². The predicted molar refractivity (Wildman–Crippen MR) is 392 cm³/mol. The molecule has 0 saturated carbocycles. The highest BCUT2D eigenvalue weighted by Crippen LogP contribution is 2.32. The summed E-state index contributed by atoms with van der Waals surface area (Å²) in [6.45, 7) is 13.3. The fourth-order valence-electron chi connectivity index (χ4n) is 10.9. The van der Waals surface area contributed by atoms with Crippen molar-refractivity contribution < 1.29 is 75.4 Å². The zero-order valence-corrected chi connectivity index (χ0v) is 61.8. The number of nitrogens with two attached hydrogens (primary N) is 9. The summed E-state index contributed by atoms with van der Waals surface area (Å²) < 4.78 is 73.4. The number of amides is 5. The highest BCUT2D eigenvalue weighted by molar-refractivity contribution is 9.10. The summed E-state index contributed by atoms with van der Waals surface area (Å²) in [5, 5.41) is 55.6. The topological polar surface area (TPSA) is 631 Å². The lowest BCUT2D eigenvalue weighted by Crippen LogP contribution is -2.29. The van der Waals surface area contributed by atoms with Gasteiger partial charge in [0.15, 0.2) is 29.0 Å². The minimum absolute atomic E-state index is 0.0674. The molecule has 43 heteroatoms. The third-order valence-electron chi connectivity index (χ3n) is 16.8. The predicted octanol–water partition coefficient (Wildman–Crippen LogP) is 2.70. The summed E-state index contributed by atoms with van der Waals surface area (Å²) in [4.78, 5) is 79.7. The number of anilines is 5. The summed E-state index contributed by atoms with van der Waals surface area (Å²) in [5.74, 6) is -3.93. The summed E-state index contributed by atoms with van der Waals surface area (Å²) >= 11 is 3.09. The van der Waals surface area contributed by atoms with Crippen LogP contribution in [-0.2, 0) is 38.0 Å². The minimum atomic E-state index is -0.753. The first-order valence-electron chi connectivity index (χ1n) is 33.8. The SMILES string of the molecule is COc1cc(Br)cc(F)n1.COc1cc(Nc2nn([C@H]3COCC[C@@H]3C#N)cc2C(N)=O)cc(F)n1.N#C[C@H]1CCOC[C@@H]1n1cc(C(N)=O)c(N)n1.N#C[C@H]1CCOC[C@@H]1n1cc(C(N)=O)c(N)n1.N#C[C@H]1CCOC[C@@H]1n1cc(C(N)=O)c(N)n1.NC(=O)C1=CCN=C1N.O=C1CCOCC1.[C-]#[N+]C1=CCOCC1. The molecular weight excluding hydrogens is 1520 g/mol. The number of aliphatic imine (C=N–C) groups is 1. The Kier molecular flexibility index (Phi) is 34.7. The molecule has 111 heavy (non-hydrogen) atoms. The van der Waals surface area contributed by atoms with E-state index in [0.29, 0.717) is 146 Å². The number of nitrogens with zero attached hydrogens (tertiary/aromatic N) is 16. The molecule has 590 valence electrons. The van der Waals surface area contributed by atoms with E-state index in [1.807, 2.05) is 6.08 Å². The fourth-order valence-corrected chi connectivity index (χ4v) is 11.3. The summed E-state index contributed by atoms with van der Waals surface area (Å²) in [5.41, 5.74) is 49.9. The molecule has 6 aromatic rings. The number of halogens is 3. The molecule has 0 spiro atoms. The van der Waals surface area contributed by atoms with Gasteiger partial charge >= 0.3 is 0 Å². The highest BCUT2D eigenvalue weighted by Gasteiger charge is 2.33. The molecule has 5 fully saturated rings. The molecule has 8 atom stereocenters. The average molecular weight is 1610 g/mol. The summed E-state index contributed by atoms with van der Waals surface area (Å²) in [6, 6.07) is 13.3. The third-order valence-corrected chi connectivity index (χ3v) is 17.3. The van der Waals surface area contributed by atoms with Crippen LogP contribution in [0.25, 0.3) is 4.85 Å². The molecule has 0 radical (unpaired) electrons. The van der Waals surface area contributed by atoms with Crippen molar-refractivity contribution in [3.05, 3.63) is 123 Å². The van der Waals surface area contributed by atoms with Gasteiger partial charge in [-0.25, -0.2) is 4.85 Å². The van der Waals surface area contributed by atoms with Crippen LogP contribution >= 0.6 is 15.9 Å². The van der Waals surface area contributed by atoms with Gasteiger partial charge < -0.3 is 94.8 Å². The van der Waals surface area contributed by atoms with Gasteiger partial charge in [-0.15, -0.1) is 0 Å². The molecule has 5 saturated heterocycles. The minimum Gasteiger partial charge on any atom is -0.481 e. The van der Waals surface area contributed by atoms with E-state index in [1.54, 1.807) is 12.1 Å². The van der Waals surface area contributed by atoms with Crippen molar-refractivity contribution in [2.24, 2.45) is 63.1 Å². The van der Waals surface area contributed by atoms with Crippen molar-refractivity contribution in [3.8, 4) is 36.0 Å². The number of ether oxygens (including phenoxy) is 8. The van der Waals surface area contributed by atoms with E-state index in [4.69, 9.17) is 112 Å². The van der Waals surface area contributed by atoms with E-state index in [2.05, 4.69) is 85.7 Å².